The Kier molecular flexibility index (Phi) is 4.15. The molecule has 17 heavy (non-hydrogen) atoms. The van der Waals surface area contributed by atoms with Gasteiger partial charge in [0.15, 0.2) is 5.92 Å². The summed E-state index contributed by atoms with van der Waals surface area (Å²) < 4.78 is 0. The predicted octanol–water partition coefficient (Wildman–Crippen LogP) is 1.73. The van der Waals surface area contributed by atoms with E-state index in [9.17, 15) is 14.4 Å². The van der Waals surface area contributed by atoms with E-state index in [1.807, 2.05) is 19.1 Å². The van der Waals surface area contributed by atoms with Crippen LogP contribution in [0.15, 0.2) is 24.3 Å². The van der Waals surface area contributed by atoms with Gasteiger partial charge < -0.3 is 5.32 Å². The molecule has 0 heterocycles. The van der Waals surface area contributed by atoms with E-state index in [0.717, 1.165) is 5.56 Å². The van der Waals surface area contributed by atoms with E-state index in [1.54, 1.807) is 12.1 Å². The number of anilines is 1. The highest BCUT2D eigenvalue weighted by molar-refractivity contribution is 6.20. The predicted molar refractivity (Wildman–Crippen MR) is 64.7 cm³/mol. The third kappa shape index (κ3) is 3.24. The molecule has 0 radical (unpaired) electrons. The van der Waals surface area contributed by atoms with Gasteiger partial charge in [-0.2, -0.15) is 0 Å². The minimum absolute atomic E-state index is 0.441. The van der Waals surface area contributed by atoms with Gasteiger partial charge in [-0.25, -0.2) is 0 Å². The zero-order chi connectivity index (χ0) is 13.0. The monoisotopic (exact) mass is 233 g/mol. The van der Waals surface area contributed by atoms with Gasteiger partial charge in [0.1, 0.15) is 11.6 Å². The largest absolute Gasteiger partial charge is 0.325 e. The van der Waals surface area contributed by atoms with Crippen LogP contribution in [0, 0.1) is 12.8 Å². The molecular formula is C13H15NO3. The number of amides is 1. The second kappa shape index (κ2) is 5.39. The molecular weight excluding hydrogens is 218 g/mol. The molecule has 1 N–H and O–H groups in total. The smallest absolute Gasteiger partial charge is 0.242 e. The standard InChI is InChI=1S/C13H15NO3/c1-8-6-4-5-7-11(8)14-13(17)12(9(2)15)10(3)16/h4-7,12H,1-3H3,(H,14,17). The Hall–Kier alpha value is -1.97. The van der Waals surface area contributed by atoms with Crippen LogP contribution in [-0.4, -0.2) is 17.5 Å². The third-order valence-corrected chi connectivity index (χ3v) is 2.48. The number of benzene rings is 1. The first-order chi connectivity index (χ1) is 7.93. The summed E-state index contributed by atoms with van der Waals surface area (Å²) in [7, 11) is 0. The van der Waals surface area contributed by atoms with Crippen LogP contribution in [0.2, 0.25) is 0 Å². The van der Waals surface area contributed by atoms with E-state index < -0.39 is 23.4 Å². The van der Waals surface area contributed by atoms with Crippen molar-refractivity contribution in [2.24, 2.45) is 5.92 Å². The molecule has 0 fully saturated rings. The van der Waals surface area contributed by atoms with Gasteiger partial charge in [0.25, 0.3) is 0 Å². The first-order valence-electron chi connectivity index (χ1n) is 5.31. The molecule has 0 aliphatic rings. The van der Waals surface area contributed by atoms with Crippen molar-refractivity contribution in [1.29, 1.82) is 0 Å². The highest BCUT2D eigenvalue weighted by Crippen LogP contribution is 2.15. The molecule has 1 aromatic rings. The van der Waals surface area contributed by atoms with Gasteiger partial charge in [-0.1, -0.05) is 18.2 Å². The van der Waals surface area contributed by atoms with E-state index in [0.29, 0.717) is 5.69 Å². The van der Waals surface area contributed by atoms with Crippen LogP contribution in [0.5, 0.6) is 0 Å². The van der Waals surface area contributed by atoms with E-state index in [4.69, 9.17) is 0 Å². The first kappa shape index (κ1) is 13.1. The van der Waals surface area contributed by atoms with Gasteiger partial charge in [0.05, 0.1) is 0 Å². The molecule has 0 bridgehead atoms. The summed E-state index contributed by atoms with van der Waals surface area (Å²) in [4.78, 5) is 34.2. The van der Waals surface area contributed by atoms with Crippen LogP contribution in [0.1, 0.15) is 19.4 Å². The van der Waals surface area contributed by atoms with Crippen molar-refractivity contribution in [1.82, 2.24) is 0 Å². The van der Waals surface area contributed by atoms with Crippen molar-refractivity contribution in [3.05, 3.63) is 29.8 Å². The number of carbonyl (C=O) groups is 3. The average Bonchev–Trinajstić information content (AvgIpc) is 2.20. The van der Waals surface area contributed by atoms with E-state index in [1.165, 1.54) is 13.8 Å². The second-order valence-electron chi connectivity index (χ2n) is 3.96. The lowest BCUT2D eigenvalue weighted by Crippen LogP contribution is -2.33. The summed E-state index contributed by atoms with van der Waals surface area (Å²) in [5.74, 6) is -2.67. The molecule has 0 aromatic heterocycles. The fourth-order valence-corrected chi connectivity index (χ4v) is 1.57. The molecule has 4 nitrogen and oxygen atoms in total. The molecule has 0 aliphatic carbocycles. The molecule has 4 heteroatoms. The lowest BCUT2D eigenvalue weighted by atomic mass is 9.99. The van der Waals surface area contributed by atoms with Crippen LogP contribution in [-0.2, 0) is 14.4 Å². The van der Waals surface area contributed by atoms with Crippen molar-refractivity contribution < 1.29 is 14.4 Å². The van der Waals surface area contributed by atoms with Gasteiger partial charge in [0, 0.05) is 5.69 Å². The van der Waals surface area contributed by atoms with Gasteiger partial charge >= 0.3 is 0 Å². The van der Waals surface area contributed by atoms with Crippen LogP contribution in [0.25, 0.3) is 0 Å². The number of aryl methyl sites for hydroxylation is 1. The zero-order valence-corrected chi connectivity index (χ0v) is 10.1. The van der Waals surface area contributed by atoms with Crippen molar-refractivity contribution in [2.45, 2.75) is 20.8 Å². The lowest BCUT2D eigenvalue weighted by molar-refractivity contribution is -0.136. The maximum Gasteiger partial charge on any atom is 0.242 e. The SMILES string of the molecule is CC(=O)C(C(C)=O)C(=O)Nc1ccccc1C. The molecule has 1 amide bonds. The number of para-hydroxylation sites is 1. The number of nitrogens with one attached hydrogen (secondary N) is 1. The summed E-state index contributed by atoms with van der Waals surface area (Å²) in [6, 6.07) is 7.19. The molecule has 90 valence electrons. The fraction of sp³-hybridized carbons (Fsp3) is 0.308. The van der Waals surface area contributed by atoms with Gasteiger partial charge in [-0.15, -0.1) is 0 Å². The highest BCUT2D eigenvalue weighted by Gasteiger charge is 2.28. The fourth-order valence-electron chi connectivity index (χ4n) is 1.57. The Morgan fingerprint density at radius 1 is 1.06 bits per heavy atom. The summed E-state index contributed by atoms with van der Waals surface area (Å²) >= 11 is 0. The number of ketones is 2. The van der Waals surface area contributed by atoms with Crippen molar-refractivity contribution in [2.75, 3.05) is 5.32 Å². The maximum atomic E-state index is 11.8. The zero-order valence-electron chi connectivity index (χ0n) is 10.1. The Bertz CT molecular complexity index is 451. The first-order valence-corrected chi connectivity index (χ1v) is 5.31. The highest BCUT2D eigenvalue weighted by atomic mass is 16.2. The van der Waals surface area contributed by atoms with Crippen molar-refractivity contribution in [3.8, 4) is 0 Å². The quantitative estimate of drug-likeness (QED) is 0.805. The summed E-state index contributed by atoms with van der Waals surface area (Å²) in [6.45, 7) is 4.32. The third-order valence-electron chi connectivity index (χ3n) is 2.48. The molecule has 0 spiro atoms. The summed E-state index contributed by atoms with van der Waals surface area (Å²) in [5, 5.41) is 2.59. The Morgan fingerprint density at radius 3 is 2.06 bits per heavy atom. The Morgan fingerprint density at radius 2 is 1.59 bits per heavy atom. The number of rotatable bonds is 4. The molecule has 0 saturated carbocycles. The Labute approximate surface area is 100 Å². The summed E-state index contributed by atoms with van der Waals surface area (Å²) in [5.41, 5.74) is 1.50. The van der Waals surface area contributed by atoms with Crippen LogP contribution >= 0.6 is 0 Å². The number of hydrogen-bond acceptors (Lipinski definition) is 3. The normalized spacial score (nSPS) is 10.1. The van der Waals surface area contributed by atoms with Gasteiger partial charge in [-0.3, -0.25) is 14.4 Å². The van der Waals surface area contributed by atoms with Crippen LogP contribution < -0.4 is 5.32 Å². The van der Waals surface area contributed by atoms with Crippen LogP contribution in [0.4, 0.5) is 5.69 Å². The molecule has 0 atom stereocenters. The second-order valence-corrected chi connectivity index (χ2v) is 3.96. The van der Waals surface area contributed by atoms with E-state index >= 15 is 0 Å². The molecule has 0 saturated heterocycles. The van der Waals surface area contributed by atoms with E-state index in [2.05, 4.69) is 5.32 Å². The van der Waals surface area contributed by atoms with Crippen molar-refractivity contribution in [3.63, 3.8) is 0 Å². The Balaban J connectivity index is 2.89. The lowest BCUT2D eigenvalue weighted by Gasteiger charge is -2.12. The number of Topliss-reactive ketones (excluding diaryl/α,β-unsaturated/α-hetero) is 2. The molecule has 0 unspecified atom stereocenters. The molecule has 1 aromatic carbocycles. The van der Waals surface area contributed by atoms with Crippen LogP contribution in [0.3, 0.4) is 0 Å². The topological polar surface area (TPSA) is 63.2 Å². The minimum Gasteiger partial charge on any atom is -0.325 e. The maximum absolute atomic E-state index is 11.8. The summed E-state index contributed by atoms with van der Waals surface area (Å²) in [6.07, 6.45) is 0. The molecule has 0 aliphatic heterocycles. The average molecular weight is 233 g/mol. The van der Waals surface area contributed by atoms with Crippen molar-refractivity contribution >= 4 is 23.2 Å². The number of carbonyl (C=O) groups excluding carboxylic acids is 3. The van der Waals surface area contributed by atoms with E-state index in [-0.39, 0.29) is 0 Å². The minimum atomic E-state index is -1.21. The van der Waals surface area contributed by atoms with Gasteiger partial charge in [-0.05, 0) is 32.4 Å². The van der Waals surface area contributed by atoms with Gasteiger partial charge in [0.2, 0.25) is 5.91 Å². The molecule has 1 rings (SSSR count). The number of hydrogen-bond donors (Lipinski definition) is 1.